The van der Waals surface area contributed by atoms with Gasteiger partial charge in [-0.05, 0) is 60.2 Å². The Bertz CT molecular complexity index is 629. The molecule has 1 rings (SSSR count). The van der Waals surface area contributed by atoms with E-state index < -0.39 is 5.41 Å². The lowest BCUT2D eigenvalue weighted by Gasteiger charge is -2.35. The van der Waals surface area contributed by atoms with Crippen LogP contribution in [0.4, 0.5) is 5.82 Å². The molecule has 0 spiro atoms. The molecule has 0 fully saturated rings. The zero-order valence-electron chi connectivity index (χ0n) is 18.0. The predicted molar refractivity (Wildman–Crippen MR) is 113 cm³/mol. The van der Waals surface area contributed by atoms with Crippen LogP contribution in [0.3, 0.4) is 0 Å². The summed E-state index contributed by atoms with van der Waals surface area (Å²) in [6, 6.07) is 1.57. The maximum atomic E-state index is 13.1. The van der Waals surface area contributed by atoms with Gasteiger partial charge in [0, 0.05) is 18.0 Å². The molecule has 1 N–H and O–H groups in total. The van der Waals surface area contributed by atoms with Crippen molar-refractivity contribution >= 4 is 29.2 Å². The van der Waals surface area contributed by atoms with E-state index in [0.717, 1.165) is 32.5 Å². The maximum Gasteiger partial charge on any atom is 0.245 e. The minimum atomic E-state index is -0.737. The van der Waals surface area contributed by atoms with Crippen molar-refractivity contribution in [3.63, 3.8) is 0 Å². The molecule has 1 aromatic heterocycles. The lowest BCUT2D eigenvalue weighted by molar-refractivity contribution is -0.144. The summed E-state index contributed by atoms with van der Waals surface area (Å²) in [6.07, 6.45) is 1.77. The second kappa shape index (κ2) is 11.4. The molecule has 0 unspecified atom stereocenters. The average molecular weight is 415 g/mol. The number of rotatable bonds is 12. The summed E-state index contributed by atoms with van der Waals surface area (Å²) in [7, 11) is 0. The number of aromatic nitrogens is 1. The standard InChI is InChI=1S/C20H35ClN4O3/c1-7-24(8-2)11-9-10-15(3)25(19(27)20(5,6)14-21)13-18(26)22-17-12-16(4)28-23-17/h12,15H,7-11,13-14H2,1-6H3,(H,22,23,26)/t15-/m1/s1. The fourth-order valence-corrected chi connectivity index (χ4v) is 3.06. The molecule has 0 aliphatic carbocycles. The normalized spacial score (nSPS) is 12.9. The molecule has 1 aromatic rings. The first-order chi connectivity index (χ1) is 13.1. The van der Waals surface area contributed by atoms with Gasteiger partial charge in [-0.15, -0.1) is 11.6 Å². The largest absolute Gasteiger partial charge is 0.360 e. The average Bonchev–Trinajstić information content (AvgIpc) is 3.07. The molecule has 8 heteroatoms. The third-order valence-corrected chi connectivity index (χ3v) is 5.57. The number of halogens is 1. The van der Waals surface area contributed by atoms with Gasteiger partial charge in [0.25, 0.3) is 0 Å². The molecule has 0 radical (unpaired) electrons. The van der Waals surface area contributed by atoms with Crippen LogP contribution >= 0.6 is 11.6 Å². The van der Waals surface area contributed by atoms with Crippen LogP contribution in [0.5, 0.6) is 0 Å². The molecule has 0 saturated heterocycles. The van der Waals surface area contributed by atoms with Crippen molar-refractivity contribution < 1.29 is 14.1 Å². The number of hydrogen-bond acceptors (Lipinski definition) is 5. The number of hydrogen-bond donors (Lipinski definition) is 1. The smallest absolute Gasteiger partial charge is 0.245 e. The van der Waals surface area contributed by atoms with Crippen LogP contribution in [0.1, 0.15) is 53.2 Å². The predicted octanol–water partition coefficient (Wildman–Crippen LogP) is 3.53. The first kappa shape index (κ1) is 24.4. The first-order valence-corrected chi connectivity index (χ1v) is 10.5. The SMILES string of the molecule is CCN(CC)CCC[C@@H](C)N(CC(=O)Nc1cc(C)on1)C(=O)C(C)(C)CCl. The molecule has 0 aromatic carbocycles. The van der Waals surface area contributed by atoms with Crippen LogP contribution in [0.15, 0.2) is 10.6 Å². The number of nitrogens with zero attached hydrogens (tertiary/aromatic N) is 3. The van der Waals surface area contributed by atoms with E-state index in [4.69, 9.17) is 16.1 Å². The molecule has 1 atom stereocenters. The molecule has 28 heavy (non-hydrogen) atoms. The summed E-state index contributed by atoms with van der Waals surface area (Å²) < 4.78 is 4.97. The van der Waals surface area contributed by atoms with Crippen LogP contribution in [0.2, 0.25) is 0 Å². The molecule has 7 nitrogen and oxygen atoms in total. The number of carbonyl (C=O) groups excluding carboxylic acids is 2. The molecule has 2 amide bonds. The van der Waals surface area contributed by atoms with Crippen molar-refractivity contribution in [2.24, 2.45) is 5.41 Å². The minimum absolute atomic E-state index is 0.0442. The van der Waals surface area contributed by atoms with E-state index in [1.165, 1.54) is 0 Å². The van der Waals surface area contributed by atoms with Gasteiger partial charge < -0.3 is 19.6 Å². The summed E-state index contributed by atoms with van der Waals surface area (Å²) in [5.41, 5.74) is -0.737. The molecule has 1 heterocycles. The van der Waals surface area contributed by atoms with Gasteiger partial charge in [0.1, 0.15) is 12.3 Å². The highest BCUT2D eigenvalue weighted by Gasteiger charge is 2.34. The van der Waals surface area contributed by atoms with Crippen molar-refractivity contribution in [3.05, 3.63) is 11.8 Å². The Morgan fingerprint density at radius 1 is 1.32 bits per heavy atom. The van der Waals surface area contributed by atoms with Gasteiger partial charge in [-0.2, -0.15) is 0 Å². The highest BCUT2D eigenvalue weighted by molar-refractivity contribution is 6.19. The number of anilines is 1. The Labute approximate surface area is 173 Å². The van der Waals surface area contributed by atoms with Crippen molar-refractivity contribution in [3.8, 4) is 0 Å². The second-order valence-corrected chi connectivity index (χ2v) is 8.11. The second-order valence-electron chi connectivity index (χ2n) is 7.84. The van der Waals surface area contributed by atoms with E-state index in [1.54, 1.807) is 31.7 Å². The molecular formula is C20H35ClN4O3. The number of nitrogens with one attached hydrogen (secondary N) is 1. The first-order valence-electron chi connectivity index (χ1n) is 9.97. The van der Waals surface area contributed by atoms with Crippen molar-refractivity contribution in [2.45, 2.75) is 60.4 Å². The Balaban J connectivity index is 2.80. The zero-order chi connectivity index (χ0) is 21.3. The molecule has 0 bridgehead atoms. The lowest BCUT2D eigenvalue weighted by Crippen LogP contribution is -2.49. The summed E-state index contributed by atoms with van der Waals surface area (Å²) in [5.74, 6) is 0.724. The third kappa shape index (κ3) is 7.43. The Morgan fingerprint density at radius 3 is 2.46 bits per heavy atom. The fraction of sp³-hybridized carbons (Fsp3) is 0.750. The van der Waals surface area contributed by atoms with E-state index in [9.17, 15) is 9.59 Å². The highest BCUT2D eigenvalue weighted by Crippen LogP contribution is 2.23. The topological polar surface area (TPSA) is 78.7 Å². The van der Waals surface area contributed by atoms with Gasteiger partial charge in [-0.3, -0.25) is 9.59 Å². The number of amides is 2. The number of carbonyl (C=O) groups is 2. The van der Waals surface area contributed by atoms with Crippen LogP contribution < -0.4 is 5.32 Å². The van der Waals surface area contributed by atoms with Gasteiger partial charge in [-0.1, -0.05) is 19.0 Å². The van der Waals surface area contributed by atoms with E-state index in [2.05, 4.69) is 29.2 Å². The Hall–Kier alpha value is -1.60. The van der Waals surface area contributed by atoms with Gasteiger partial charge in [0.15, 0.2) is 5.82 Å². The van der Waals surface area contributed by atoms with Crippen LogP contribution in [-0.4, -0.2) is 64.9 Å². The number of alkyl halides is 1. The van der Waals surface area contributed by atoms with Gasteiger partial charge in [0.2, 0.25) is 11.8 Å². The van der Waals surface area contributed by atoms with E-state index in [0.29, 0.717) is 11.6 Å². The summed E-state index contributed by atoms with van der Waals surface area (Å²) in [4.78, 5) is 29.5. The van der Waals surface area contributed by atoms with Crippen LogP contribution in [0, 0.1) is 12.3 Å². The summed E-state index contributed by atoms with van der Waals surface area (Å²) in [6.45, 7) is 14.6. The van der Waals surface area contributed by atoms with Crippen molar-refractivity contribution in [1.29, 1.82) is 0 Å². The lowest BCUT2D eigenvalue weighted by atomic mass is 9.93. The number of aryl methyl sites for hydroxylation is 1. The Morgan fingerprint density at radius 2 is 1.96 bits per heavy atom. The molecule has 0 aliphatic heterocycles. The molecule has 160 valence electrons. The Kier molecular flexibility index (Phi) is 9.96. The molecule has 0 aliphatic rings. The zero-order valence-corrected chi connectivity index (χ0v) is 18.8. The summed E-state index contributed by atoms with van der Waals surface area (Å²) >= 11 is 6.01. The minimum Gasteiger partial charge on any atom is -0.360 e. The molecular weight excluding hydrogens is 380 g/mol. The van der Waals surface area contributed by atoms with Crippen molar-refractivity contribution in [2.75, 3.05) is 37.4 Å². The van der Waals surface area contributed by atoms with E-state index in [-0.39, 0.29) is 30.3 Å². The summed E-state index contributed by atoms with van der Waals surface area (Å²) in [5, 5.41) is 6.45. The third-order valence-electron chi connectivity index (χ3n) is 4.91. The van der Waals surface area contributed by atoms with Crippen molar-refractivity contribution in [1.82, 2.24) is 15.0 Å². The monoisotopic (exact) mass is 414 g/mol. The quantitative estimate of drug-likeness (QED) is 0.529. The molecule has 0 saturated carbocycles. The fourth-order valence-electron chi connectivity index (χ4n) is 2.94. The van der Waals surface area contributed by atoms with E-state index in [1.807, 2.05) is 6.92 Å². The van der Waals surface area contributed by atoms with Crippen LogP contribution in [0.25, 0.3) is 0 Å². The van der Waals surface area contributed by atoms with E-state index >= 15 is 0 Å². The van der Waals surface area contributed by atoms with Gasteiger partial charge in [-0.25, -0.2) is 0 Å². The van der Waals surface area contributed by atoms with Gasteiger partial charge in [0.05, 0.1) is 5.41 Å². The van der Waals surface area contributed by atoms with Gasteiger partial charge >= 0.3 is 0 Å². The maximum absolute atomic E-state index is 13.1. The van der Waals surface area contributed by atoms with Crippen LogP contribution in [-0.2, 0) is 9.59 Å². The highest BCUT2D eigenvalue weighted by atomic mass is 35.5.